The molecule has 0 saturated carbocycles. The Morgan fingerprint density at radius 1 is 1.43 bits per heavy atom. The maximum atomic E-state index is 11.2. The highest BCUT2D eigenvalue weighted by Crippen LogP contribution is 2.36. The van der Waals surface area contributed by atoms with E-state index in [2.05, 4.69) is 22.0 Å². The average molecular weight is 369 g/mol. The Bertz CT molecular complexity index is 702. The third-order valence-corrected chi connectivity index (χ3v) is 5.28. The molecule has 110 valence electrons. The fourth-order valence-electron chi connectivity index (χ4n) is 2.56. The Morgan fingerprint density at radius 2 is 2.24 bits per heavy atom. The van der Waals surface area contributed by atoms with E-state index in [0.717, 1.165) is 16.8 Å². The summed E-state index contributed by atoms with van der Waals surface area (Å²) < 4.78 is 1.09. The van der Waals surface area contributed by atoms with E-state index in [4.69, 9.17) is 0 Å². The minimum atomic E-state index is -0.365. The summed E-state index contributed by atoms with van der Waals surface area (Å²) in [5, 5.41) is 20.5. The smallest absolute Gasteiger partial charge is 0.292 e. The van der Waals surface area contributed by atoms with Crippen molar-refractivity contribution in [2.24, 2.45) is 0 Å². The summed E-state index contributed by atoms with van der Waals surface area (Å²) in [6.45, 7) is 1.29. The molecular formula is C14H13BrN2O3S. The predicted octanol–water partition coefficient (Wildman–Crippen LogP) is 3.47. The molecule has 0 unspecified atom stereocenters. The Labute approximate surface area is 134 Å². The van der Waals surface area contributed by atoms with Crippen LogP contribution in [-0.4, -0.2) is 16.6 Å². The van der Waals surface area contributed by atoms with Gasteiger partial charge in [0.15, 0.2) is 0 Å². The van der Waals surface area contributed by atoms with Gasteiger partial charge in [0, 0.05) is 17.5 Å². The van der Waals surface area contributed by atoms with Gasteiger partial charge in [0.05, 0.1) is 21.9 Å². The van der Waals surface area contributed by atoms with Gasteiger partial charge in [-0.15, -0.1) is 11.3 Å². The van der Waals surface area contributed by atoms with Gasteiger partial charge < -0.3 is 10.0 Å². The molecule has 0 amide bonds. The van der Waals surface area contributed by atoms with Crippen molar-refractivity contribution in [3.63, 3.8) is 0 Å². The molecule has 1 aromatic carbocycles. The number of nitro groups is 1. The average Bonchev–Trinajstić information content (AvgIpc) is 2.85. The van der Waals surface area contributed by atoms with E-state index in [0.29, 0.717) is 17.8 Å². The summed E-state index contributed by atoms with van der Waals surface area (Å²) in [5.41, 5.74) is 2.67. The van der Waals surface area contributed by atoms with Crippen LogP contribution in [0, 0.1) is 10.1 Å². The van der Waals surface area contributed by atoms with Gasteiger partial charge in [-0.25, -0.2) is 0 Å². The first kappa shape index (κ1) is 14.5. The Morgan fingerprint density at radius 3 is 2.95 bits per heavy atom. The van der Waals surface area contributed by atoms with E-state index in [9.17, 15) is 15.2 Å². The number of nitro benzene ring substituents is 1. The fourth-order valence-corrected chi connectivity index (χ4v) is 4.38. The van der Waals surface area contributed by atoms with Crippen LogP contribution in [0.2, 0.25) is 0 Å². The summed E-state index contributed by atoms with van der Waals surface area (Å²) in [6.07, 6.45) is 0.873. The van der Waals surface area contributed by atoms with Gasteiger partial charge in [-0.3, -0.25) is 10.1 Å². The van der Waals surface area contributed by atoms with Crippen LogP contribution in [0.4, 0.5) is 11.4 Å². The summed E-state index contributed by atoms with van der Waals surface area (Å²) in [5.74, 6) is 0. The minimum absolute atomic E-state index is 0.0891. The first-order valence-electron chi connectivity index (χ1n) is 6.48. The molecule has 0 radical (unpaired) electrons. The van der Waals surface area contributed by atoms with E-state index in [1.54, 1.807) is 23.5 Å². The highest BCUT2D eigenvalue weighted by atomic mass is 79.9. The van der Waals surface area contributed by atoms with Gasteiger partial charge in [-0.05, 0) is 51.7 Å². The SMILES string of the molecule is O=[N+]([O-])c1ccc(CO)cc1N1CCc2cc(Br)sc2C1. The number of aliphatic hydroxyl groups excluding tert-OH is 1. The van der Waals surface area contributed by atoms with E-state index < -0.39 is 0 Å². The van der Waals surface area contributed by atoms with Crippen LogP contribution in [0.25, 0.3) is 0 Å². The molecular weight excluding hydrogens is 356 g/mol. The summed E-state index contributed by atoms with van der Waals surface area (Å²) >= 11 is 5.16. The van der Waals surface area contributed by atoms with Crippen molar-refractivity contribution in [1.82, 2.24) is 0 Å². The third kappa shape index (κ3) is 2.81. The lowest BCUT2D eigenvalue weighted by Gasteiger charge is -2.28. The van der Waals surface area contributed by atoms with Crippen molar-refractivity contribution in [2.75, 3.05) is 11.4 Å². The van der Waals surface area contributed by atoms with Crippen molar-refractivity contribution in [3.8, 4) is 0 Å². The molecule has 7 heteroatoms. The minimum Gasteiger partial charge on any atom is -0.392 e. The highest BCUT2D eigenvalue weighted by molar-refractivity contribution is 9.11. The zero-order chi connectivity index (χ0) is 15.0. The third-order valence-electron chi connectivity index (χ3n) is 3.61. The van der Waals surface area contributed by atoms with Crippen molar-refractivity contribution in [3.05, 3.63) is 54.2 Å². The molecule has 0 saturated heterocycles. The second kappa shape index (κ2) is 5.75. The maximum Gasteiger partial charge on any atom is 0.292 e. The molecule has 0 aliphatic carbocycles. The number of halogens is 1. The first-order chi connectivity index (χ1) is 10.1. The van der Waals surface area contributed by atoms with Gasteiger partial charge in [-0.1, -0.05) is 0 Å². The Balaban J connectivity index is 1.98. The molecule has 1 aliphatic heterocycles. The quantitative estimate of drug-likeness (QED) is 0.665. The number of hydrogen-bond donors (Lipinski definition) is 1. The number of fused-ring (bicyclic) bond motifs is 1. The lowest BCUT2D eigenvalue weighted by molar-refractivity contribution is -0.384. The predicted molar refractivity (Wildman–Crippen MR) is 85.8 cm³/mol. The molecule has 1 N–H and O–H groups in total. The zero-order valence-electron chi connectivity index (χ0n) is 11.1. The highest BCUT2D eigenvalue weighted by Gasteiger charge is 2.25. The van der Waals surface area contributed by atoms with Crippen LogP contribution in [0.3, 0.4) is 0 Å². The van der Waals surface area contributed by atoms with Gasteiger partial charge in [0.1, 0.15) is 5.69 Å². The second-order valence-electron chi connectivity index (χ2n) is 4.91. The zero-order valence-corrected chi connectivity index (χ0v) is 13.5. The van der Waals surface area contributed by atoms with Crippen LogP contribution in [0.5, 0.6) is 0 Å². The van der Waals surface area contributed by atoms with E-state index >= 15 is 0 Å². The number of thiophene rings is 1. The number of benzene rings is 1. The normalized spacial score (nSPS) is 14.1. The summed E-state index contributed by atoms with van der Waals surface area (Å²) in [4.78, 5) is 14.1. The van der Waals surface area contributed by atoms with Crippen LogP contribution >= 0.6 is 27.3 Å². The molecule has 2 aromatic rings. The van der Waals surface area contributed by atoms with E-state index in [-0.39, 0.29) is 17.2 Å². The van der Waals surface area contributed by atoms with Crippen molar-refractivity contribution in [1.29, 1.82) is 0 Å². The lowest BCUT2D eigenvalue weighted by Crippen LogP contribution is -2.29. The monoisotopic (exact) mass is 368 g/mol. The Hall–Kier alpha value is -1.44. The number of rotatable bonds is 3. The molecule has 0 fully saturated rings. The van der Waals surface area contributed by atoms with Gasteiger partial charge in [0.25, 0.3) is 5.69 Å². The Kier molecular flexibility index (Phi) is 3.97. The van der Waals surface area contributed by atoms with Crippen molar-refractivity contribution >= 4 is 38.6 Å². The van der Waals surface area contributed by atoms with Crippen LogP contribution in [-0.2, 0) is 19.6 Å². The second-order valence-corrected chi connectivity index (χ2v) is 7.42. The molecule has 0 atom stereocenters. The van der Waals surface area contributed by atoms with Gasteiger partial charge >= 0.3 is 0 Å². The molecule has 21 heavy (non-hydrogen) atoms. The molecule has 5 nitrogen and oxygen atoms in total. The van der Waals surface area contributed by atoms with Gasteiger partial charge in [-0.2, -0.15) is 0 Å². The molecule has 1 aromatic heterocycles. The summed E-state index contributed by atoms with van der Waals surface area (Å²) in [6, 6.07) is 6.90. The molecule has 0 spiro atoms. The topological polar surface area (TPSA) is 66.6 Å². The van der Waals surface area contributed by atoms with Crippen LogP contribution in [0.15, 0.2) is 28.1 Å². The number of aliphatic hydroxyl groups is 1. The van der Waals surface area contributed by atoms with Crippen molar-refractivity contribution in [2.45, 2.75) is 19.6 Å². The summed E-state index contributed by atoms with van der Waals surface area (Å²) in [7, 11) is 0. The van der Waals surface area contributed by atoms with Crippen molar-refractivity contribution < 1.29 is 10.0 Å². The van der Waals surface area contributed by atoms with E-state index in [1.807, 2.05) is 4.90 Å². The molecule has 0 bridgehead atoms. The number of hydrogen-bond acceptors (Lipinski definition) is 5. The number of nitrogens with zero attached hydrogens (tertiary/aromatic N) is 2. The van der Waals surface area contributed by atoms with Gasteiger partial charge in [0.2, 0.25) is 0 Å². The van der Waals surface area contributed by atoms with Crippen LogP contribution < -0.4 is 4.90 Å². The standard InChI is InChI=1S/C14H13BrN2O3S/c15-14-6-10-3-4-16(7-13(10)21-14)12-5-9(8-18)1-2-11(12)17(19)20/h1-2,5-6,18H,3-4,7-8H2. The molecule has 2 heterocycles. The fraction of sp³-hybridized carbons (Fsp3) is 0.286. The number of anilines is 1. The van der Waals surface area contributed by atoms with Crippen LogP contribution in [0.1, 0.15) is 16.0 Å². The van der Waals surface area contributed by atoms with E-state index in [1.165, 1.54) is 16.5 Å². The molecule has 1 aliphatic rings. The first-order valence-corrected chi connectivity index (χ1v) is 8.09. The largest absolute Gasteiger partial charge is 0.392 e. The molecule has 3 rings (SSSR count). The lowest BCUT2D eigenvalue weighted by atomic mass is 10.1. The maximum absolute atomic E-state index is 11.2.